The van der Waals surface area contributed by atoms with Crippen LogP contribution in [0.4, 0.5) is 8.78 Å². The highest BCUT2D eigenvalue weighted by molar-refractivity contribution is 7.09. The highest BCUT2D eigenvalue weighted by Crippen LogP contribution is 2.17. The van der Waals surface area contributed by atoms with Crippen molar-refractivity contribution in [2.24, 2.45) is 0 Å². The number of nitrogens with one attached hydrogen (secondary N) is 1. The van der Waals surface area contributed by atoms with E-state index in [2.05, 4.69) is 10.3 Å². The van der Waals surface area contributed by atoms with Crippen molar-refractivity contribution in [3.05, 3.63) is 16.1 Å². The molecule has 0 spiro atoms. The molecule has 1 unspecified atom stereocenters. The van der Waals surface area contributed by atoms with Gasteiger partial charge in [0.2, 0.25) is 0 Å². The van der Waals surface area contributed by atoms with E-state index < -0.39 is 19.1 Å². The number of aliphatic hydroxyl groups is 1. The Morgan fingerprint density at radius 2 is 2.33 bits per heavy atom. The molecule has 0 fully saturated rings. The van der Waals surface area contributed by atoms with Gasteiger partial charge in [-0.05, 0) is 13.8 Å². The summed E-state index contributed by atoms with van der Waals surface area (Å²) in [5.74, 6) is -3.07. The quantitative estimate of drug-likeness (QED) is 0.818. The van der Waals surface area contributed by atoms with Crippen molar-refractivity contribution in [1.29, 1.82) is 0 Å². The summed E-state index contributed by atoms with van der Waals surface area (Å²) in [5, 5.41) is 13.8. The van der Waals surface area contributed by atoms with Gasteiger partial charge in [-0.25, -0.2) is 13.8 Å². The summed E-state index contributed by atoms with van der Waals surface area (Å²) < 4.78 is 25.4. The number of nitrogens with zero attached hydrogens (tertiary/aromatic N) is 1. The van der Waals surface area contributed by atoms with E-state index in [1.54, 1.807) is 6.92 Å². The number of aromatic nitrogens is 1. The van der Waals surface area contributed by atoms with Gasteiger partial charge in [-0.1, -0.05) is 0 Å². The predicted molar refractivity (Wildman–Crippen MR) is 55.3 cm³/mol. The summed E-state index contributed by atoms with van der Waals surface area (Å²) in [4.78, 5) is 4.19. The van der Waals surface area contributed by atoms with Crippen molar-refractivity contribution in [3.8, 4) is 0 Å². The molecule has 1 aromatic rings. The first-order valence-electron chi connectivity index (χ1n) is 4.59. The first-order valence-corrected chi connectivity index (χ1v) is 5.46. The third-order valence-corrected chi connectivity index (χ3v) is 2.77. The van der Waals surface area contributed by atoms with Gasteiger partial charge < -0.3 is 10.4 Å². The Hall–Kier alpha value is -0.590. The maximum absolute atomic E-state index is 12.7. The van der Waals surface area contributed by atoms with Crippen molar-refractivity contribution >= 4 is 11.3 Å². The minimum Gasteiger partial charge on any atom is -0.390 e. The predicted octanol–water partition coefficient (Wildman–Crippen LogP) is 1.73. The summed E-state index contributed by atoms with van der Waals surface area (Å²) >= 11 is 1.48. The summed E-state index contributed by atoms with van der Waals surface area (Å²) in [7, 11) is 0. The molecule has 0 radical (unpaired) electrons. The van der Waals surface area contributed by atoms with Gasteiger partial charge in [0.1, 0.15) is 6.61 Å². The highest BCUT2D eigenvalue weighted by Gasteiger charge is 2.28. The van der Waals surface area contributed by atoms with E-state index in [0.29, 0.717) is 0 Å². The first kappa shape index (κ1) is 12.5. The van der Waals surface area contributed by atoms with E-state index in [0.717, 1.165) is 10.7 Å². The summed E-state index contributed by atoms with van der Waals surface area (Å²) in [6.45, 7) is 1.95. The Labute approximate surface area is 91.2 Å². The van der Waals surface area contributed by atoms with E-state index in [1.165, 1.54) is 11.3 Å². The molecule has 0 amide bonds. The molecule has 0 saturated carbocycles. The minimum absolute atomic E-state index is 0.229. The standard InChI is InChI=1S/C9H14F2N2OS/c1-6(8-3-15-7(2)13-8)12-4-9(10,11)5-14/h3,6,12,14H,4-5H2,1-2H3. The summed E-state index contributed by atoms with van der Waals surface area (Å²) in [6.07, 6.45) is 0. The molecule has 0 aliphatic carbocycles. The molecule has 86 valence electrons. The zero-order chi connectivity index (χ0) is 11.5. The maximum atomic E-state index is 12.7. The molecule has 1 heterocycles. The molecule has 0 saturated heterocycles. The van der Waals surface area contributed by atoms with Gasteiger partial charge in [-0.15, -0.1) is 11.3 Å². The monoisotopic (exact) mass is 236 g/mol. The van der Waals surface area contributed by atoms with Gasteiger partial charge in [-0.3, -0.25) is 0 Å². The Morgan fingerprint density at radius 1 is 1.67 bits per heavy atom. The fourth-order valence-corrected chi connectivity index (χ4v) is 1.75. The van der Waals surface area contributed by atoms with E-state index in [-0.39, 0.29) is 6.04 Å². The average molecular weight is 236 g/mol. The molecule has 2 N–H and O–H groups in total. The van der Waals surface area contributed by atoms with Crippen LogP contribution in [-0.4, -0.2) is 29.2 Å². The van der Waals surface area contributed by atoms with E-state index in [1.807, 2.05) is 12.3 Å². The van der Waals surface area contributed by atoms with Gasteiger partial charge in [0.25, 0.3) is 5.92 Å². The maximum Gasteiger partial charge on any atom is 0.282 e. The Bertz CT molecular complexity index is 317. The fraction of sp³-hybridized carbons (Fsp3) is 0.667. The van der Waals surface area contributed by atoms with Crippen LogP contribution < -0.4 is 5.32 Å². The van der Waals surface area contributed by atoms with E-state index >= 15 is 0 Å². The Balaban J connectivity index is 2.46. The second kappa shape index (κ2) is 4.96. The van der Waals surface area contributed by atoms with E-state index in [9.17, 15) is 8.78 Å². The minimum atomic E-state index is -3.07. The first-order chi connectivity index (χ1) is 6.94. The molecule has 6 heteroatoms. The second-order valence-electron chi connectivity index (χ2n) is 3.41. The van der Waals surface area contributed by atoms with E-state index in [4.69, 9.17) is 5.11 Å². The van der Waals surface area contributed by atoms with Crippen LogP contribution in [0.2, 0.25) is 0 Å². The highest BCUT2D eigenvalue weighted by atomic mass is 32.1. The molecule has 0 aliphatic rings. The SMILES string of the molecule is Cc1nc(C(C)NCC(F)(F)CO)cs1. The number of alkyl halides is 2. The number of rotatable bonds is 5. The summed E-state index contributed by atoms with van der Waals surface area (Å²) in [5.41, 5.74) is 0.756. The topological polar surface area (TPSA) is 45.2 Å². The third kappa shape index (κ3) is 3.81. The van der Waals surface area contributed by atoms with Gasteiger partial charge >= 0.3 is 0 Å². The van der Waals surface area contributed by atoms with Crippen molar-refractivity contribution in [2.45, 2.75) is 25.8 Å². The molecule has 1 aromatic heterocycles. The lowest BCUT2D eigenvalue weighted by atomic mass is 10.2. The van der Waals surface area contributed by atoms with Crippen molar-refractivity contribution in [1.82, 2.24) is 10.3 Å². The van der Waals surface area contributed by atoms with Crippen molar-refractivity contribution < 1.29 is 13.9 Å². The van der Waals surface area contributed by atoms with Crippen LogP contribution in [0, 0.1) is 6.92 Å². The van der Waals surface area contributed by atoms with Crippen LogP contribution in [0.5, 0.6) is 0 Å². The average Bonchev–Trinajstić information content (AvgIpc) is 2.61. The summed E-state index contributed by atoms with van der Waals surface area (Å²) in [6, 6.07) is -0.229. The van der Waals surface area contributed by atoms with Gasteiger partial charge in [-0.2, -0.15) is 0 Å². The number of thiazole rings is 1. The Kier molecular flexibility index (Phi) is 4.12. The molecule has 0 aromatic carbocycles. The van der Waals surface area contributed by atoms with Crippen LogP contribution >= 0.6 is 11.3 Å². The second-order valence-corrected chi connectivity index (χ2v) is 4.47. The molecule has 1 atom stereocenters. The number of aliphatic hydroxyl groups excluding tert-OH is 1. The smallest absolute Gasteiger partial charge is 0.282 e. The fourth-order valence-electron chi connectivity index (χ4n) is 1.04. The molecule has 3 nitrogen and oxygen atoms in total. The molecular formula is C9H14F2N2OS. The van der Waals surface area contributed by atoms with Gasteiger partial charge in [0, 0.05) is 11.4 Å². The van der Waals surface area contributed by atoms with Crippen molar-refractivity contribution in [3.63, 3.8) is 0 Å². The van der Waals surface area contributed by atoms with Crippen LogP contribution in [0.15, 0.2) is 5.38 Å². The molecule has 15 heavy (non-hydrogen) atoms. The molecular weight excluding hydrogens is 222 g/mol. The van der Waals surface area contributed by atoms with Gasteiger partial charge in [0.15, 0.2) is 0 Å². The van der Waals surface area contributed by atoms with Crippen LogP contribution in [-0.2, 0) is 0 Å². The Morgan fingerprint density at radius 3 is 2.80 bits per heavy atom. The zero-order valence-corrected chi connectivity index (χ0v) is 9.44. The van der Waals surface area contributed by atoms with Crippen LogP contribution in [0.3, 0.4) is 0 Å². The van der Waals surface area contributed by atoms with Crippen LogP contribution in [0.1, 0.15) is 23.7 Å². The third-order valence-electron chi connectivity index (χ3n) is 1.98. The number of halogens is 2. The van der Waals surface area contributed by atoms with Gasteiger partial charge in [0.05, 0.1) is 17.2 Å². The van der Waals surface area contributed by atoms with Crippen molar-refractivity contribution in [2.75, 3.05) is 13.2 Å². The number of aryl methyl sites for hydroxylation is 1. The lowest BCUT2D eigenvalue weighted by Crippen LogP contribution is -2.37. The number of hydrogen-bond acceptors (Lipinski definition) is 4. The van der Waals surface area contributed by atoms with Crippen LogP contribution in [0.25, 0.3) is 0 Å². The zero-order valence-electron chi connectivity index (χ0n) is 8.63. The number of hydrogen-bond donors (Lipinski definition) is 2. The lowest BCUT2D eigenvalue weighted by Gasteiger charge is -2.17. The normalized spacial score (nSPS) is 14.2. The molecule has 1 rings (SSSR count). The molecule has 0 aliphatic heterocycles. The molecule has 0 bridgehead atoms. The lowest BCUT2D eigenvalue weighted by molar-refractivity contribution is -0.0491. The largest absolute Gasteiger partial charge is 0.390 e.